The molecule has 0 spiro atoms. The summed E-state index contributed by atoms with van der Waals surface area (Å²) in [5, 5.41) is 11.7. The third-order valence-corrected chi connectivity index (χ3v) is 5.00. The molecule has 1 N–H and O–H groups in total. The van der Waals surface area contributed by atoms with Crippen molar-refractivity contribution in [2.75, 3.05) is 31.1 Å². The second-order valence-corrected chi connectivity index (χ2v) is 6.60. The SMILES string of the molecule is CC[C@@H]1CN(c2ncnc3ccsc23)CCN1C[C@@H](C)O. The van der Waals surface area contributed by atoms with Crippen molar-refractivity contribution < 1.29 is 5.11 Å². The smallest absolute Gasteiger partial charge is 0.150 e. The van der Waals surface area contributed by atoms with Crippen LogP contribution in [-0.4, -0.2) is 58.3 Å². The van der Waals surface area contributed by atoms with Gasteiger partial charge in [0.05, 0.1) is 16.3 Å². The van der Waals surface area contributed by atoms with Crippen LogP contribution in [0.1, 0.15) is 20.3 Å². The van der Waals surface area contributed by atoms with E-state index in [-0.39, 0.29) is 6.10 Å². The molecule has 21 heavy (non-hydrogen) atoms. The van der Waals surface area contributed by atoms with Crippen LogP contribution in [0.5, 0.6) is 0 Å². The van der Waals surface area contributed by atoms with Gasteiger partial charge < -0.3 is 10.0 Å². The minimum Gasteiger partial charge on any atom is -0.392 e. The van der Waals surface area contributed by atoms with E-state index in [2.05, 4.69) is 32.1 Å². The number of thiophene rings is 1. The predicted octanol–water partition coefficient (Wildman–Crippen LogP) is 1.97. The quantitative estimate of drug-likeness (QED) is 0.936. The van der Waals surface area contributed by atoms with Gasteiger partial charge in [0.2, 0.25) is 0 Å². The first-order chi connectivity index (χ1) is 10.2. The molecule has 3 rings (SSSR count). The lowest BCUT2D eigenvalue weighted by Gasteiger charge is -2.42. The molecular formula is C15H22N4OS. The molecule has 0 radical (unpaired) electrons. The topological polar surface area (TPSA) is 52.5 Å². The van der Waals surface area contributed by atoms with Crippen molar-refractivity contribution in [2.45, 2.75) is 32.4 Å². The van der Waals surface area contributed by atoms with E-state index in [0.29, 0.717) is 6.04 Å². The molecule has 1 aliphatic heterocycles. The van der Waals surface area contributed by atoms with Gasteiger partial charge in [0.15, 0.2) is 0 Å². The average molecular weight is 306 g/mol. The third-order valence-electron chi connectivity index (χ3n) is 4.10. The molecule has 3 heterocycles. The lowest BCUT2D eigenvalue weighted by Crippen LogP contribution is -2.54. The molecule has 0 bridgehead atoms. The van der Waals surface area contributed by atoms with Crippen LogP contribution >= 0.6 is 11.3 Å². The molecule has 0 unspecified atom stereocenters. The fourth-order valence-electron chi connectivity index (χ4n) is 3.05. The molecule has 6 heteroatoms. The molecular weight excluding hydrogens is 284 g/mol. The van der Waals surface area contributed by atoms with Gasteiger partial charge in [-0.1, -0.05) is 6.92 Å². The van der Waals surface area contributed by atoms with Crippen molar-refractivity contribution >= 4 is 27.4 Å². The zero-order valence-electron chi connectivity index (χ0n) is 12.6. The first-order valence-corrected chi connectivity index (χ1v) is 8.42. The van der Waals surface area contributed by atoms with E-state index in [4.69, 9.17) is 0 Å². The number of aliphatic hydroxyl groups excluding tert-OH is 1. The number of anilines is 1. The Morgan fingerprint density at radius 3 is 3.05 bits per heavy atom. The van der Waals surface area contributed by atoms with Crippen molar-refractivity contribution in [3.8, 4) is 0 Å². The highest BCUT2D eigenvalue weighted by Crippen LogP contribution is 2.29. The first kappa shape index (κ1) is 14.7. The number of β-amino-alcohol motifs (C(OH)–C–C–N with tert-alkyl or cyclic N) is 1. The highest BCUT2D eigenvalue weighted by molar-refractivity contribution is 7.17. The zero-order chi connectivity index (χ0) is 14.8. The average Bonchev–Trinajstić information content (AvgIpc) is 2.95. The Bertz CT molecular complexity index is 600. The Labute approximate surface area is 129 Å². The van der Waals surface area contributed by atoms with Crippen LogP contribution in [0, 0.1) is 0 Å². The van der Waals surface area contributed by atoms with Gasteiger partial charge in [0, 0.05) is 32.2 Å². The summed E-state index contributed by atoms with van der Waals surface area (Å²) in [6.07, 6.45) is 2.48. The van der Waals surface area contributed by atoms with Crippen LogP contribution < -0.4 is 4.90 Å². The molecule has 2 aromatic heterocycles. The van der Waals surface area contributed by atoms with Gasteiger partial charge in [0.25, 0.3) is 0 Å². The predicted molar refractivity (Wildman–Crippen MR) is 87.0 cm³/mol. The maximum Gasteiger partial charge on any atom is 0.150 e. The molecule has 0 saturated carbocycles. The van der Waals surface area contributed by atoms with Gasteiger partial charge in [-0.3, -0.25) is 4.90 Å². The number of rotatable bonds is 4. The second kappa shape index (κ2) is 6.25. The minimum atomic E-state index is -0.270. The monoisotopic (exact) mass is 306 g/mol. The fraction of sp³-hybridized carbons (Fsp3) is 0.600. The van der Waals surface area contributed by atoms with Crippen LogP contribution in [0.3, 0.4) is 0 Å². The summed E-state index contributed by atoms with van der Waals surface area (Å²) in [4.78, 5) is 13.6. The van der Waals surface area contributed by atoms with Gasteiger partial charge >= 0.3 is 0 Å². The third kappa shape index (κ3) is 3.02. The summed E-state index contributed by atoms with van der Waals surface area (Å²) in [5.41, 5.74) is 1.03. The highest BCUT2D eigenvalue weighted by atomic mass is 32.1. The number of aromatic nitrogens is 2. The number of hydrogen-bond acceptors (Lipinski definition) is 6. The normalized spacial score (nSPS) is 21.9. The second-order valence-electron chi connectivity index (χ2n) is 5.68. The summed E-state index contributed by atoms with van der Waals surface area (Å²) in [6.45, 7) is 7.72. The number of piperazine rings is 1. The van der Waals surface area contributed by atoms with Crippen LogP contribution in [0.15, 0.2) is 17.8 Å². The van der Waals surface area contributed by atoms with Crippen molar-refractivity contribution in [1.29, 1.82) is 0 Å². The van der Waals surface area contributed by atoms with Gasteiger partial charge in [-0.25, -0.2) is 9.97 Å². The van der Waals surface area contributed by atoms with E-state index in [1.165, 1.54) is 4.70 Å². The number of fused-ring (bicyclic) bond motifs is 1. The van der Waals surface area contributed by atoms with Crippen LogP contribution in [0.25, 0.3) is 10.2 Å². The molecule has 114 valence electrons. The zero-order valence-corrected chi connectivity index (χ0v) is 13.4. The molecule has 0 aliphatic carbocycles. The van der Waals surface area contributed by atoms with Gasteiger partial charge in [-0.05, 0) is 24.8 Å². The van der Waals surface area contributed by atoms with Crippen molar-refractivity contribution in [3.05, 3.63) is 17.8 Å². The Hall–Kier alpha value is -1.24. The molecule has 5 nitrogen and oxygen atoms in total. The first-order valence-electron chi connectivity index (χ1n) is 7.54. The Morgan fingerprint density at radius 1 is 1.43 bits per heavy atom. The Balaban J connectivity index is 1.80. The van der Waals surface area contributed by atoms with E-state index in [9.17, 15) is 5.11 Å². The molecule has 2 atom stereocenters. The summed E-state index contributed by atoms with van der Waals surface area (Å²) in [6, 6.07) is 2.52. The number of nitrogens with zero attached hydrogens (tertiary/aromatic N) is 4. The van der Waals surface area contributed by atoms with Gasteiger partial charge in [-0.2, -0.15) is 0 Å². The largest absolute Gasteiger partial charge is 0.392 e. The summed E-state index contributed by atoms with van der Waals surface area (Å²) in [7, 11) is 0. The lowest BCUT2D eigenvalue weighted by atomic mass is 10.1. The Kier molecular flexibility index (Phi) is 4.37. The van der Waals surface area contributed by atoms with Crippen molar-refractivity contribution in [2.24, 2.45) is 0 Å². The van der Waals surface area contributed by atoms with Gasteiger partial charge in [0.1, 0.15) is 12.1 Å². The maximum absolute atomic E-state index is 9.64. The Morgan fingerprint density at radius 2 is 2.29 bits per heavy atom. The van der Waals surface area contributed by atoms with E-state index in [0.717, 1.165) is 43.9 Å². The molecule has 1 aliphatic rings. The van der Waals surface area contributed by atoms with Crippen LogP contribution in [-0.2, 0) is 0 Å². The summed E-state index contributed by atoms with van der Waals surface area (Å²) < 4.78 is 1.18. The van der Waals surface area contributed by atoms with E-state index in [1.807, 2.05) is 13.0 Å². The van der Waals surface area contributed by atoms with Crippen molar-refractivity contribution in [3.63, 3.8) is 0 Å². The van der Waals surface area contributed by atoms with E-state index in [1.54, 1.807) is 17.7 Å². The molecule has 1 saturated heterocycles. The molecule has 2 aromatic rings. The number of hydrogen-bond donors (Lipinski definition) is 1. The maximum atomic E-state index is 9.64. The van der Waals surface area contributed by atoms with Crippen LogP contribution in [0.4, 0.5) is 5.82 Å². The van der Waals surface area contributed by atoms with Crippen molar-refractivity contribution in [1.82, 2.24) is 14.9 Å². The fourth-order valence-corrected chi connectivity index (χ4v) is 3.92. The van der Waals surface area contributed by atoms with Crippen LogP contribution in [0.2, 0.25) is 0 Å². The standard InChI is InChI=1S/C15H22N4OS/c1-3-12-9-19(6-5-18(12)8-11(2)20)15-14-13(4-7-21-14)16-10-17-15/h4,7,10-12,20H,3,5-6,8-9H2,1-2H3/t11-,12-/m1/s1. The highest BCUT2D eigenvalue weighted by Gasteiger charge is 2.28. The molecule has 0 amide bonds. The summed E-state index contributed by atoms with van der Waals surface area (Å²) in [5.74, 6) is 1.06. The number of aliphatic hydroxyl groups is 1. The lowest BCUT2D eigenvalue weighted by molar-refractivity contribution is 0.0885. The van der Waals surface area contributed by atoms with E-state index < -0.39 is 0 Å². The molecule has 1 fully saturated rings. The molecule has 0 aromatic carbocycles. The van der Waals surface area contributed by atoms with Gasteiger partial charge in [-0.15, -0.1) is 11.3 Å². The minimum absolute atomic E-state index is 0.270. The van der Waals surface area contributed by atoms with E-state index >= 15 is 0 Å². The summed E-state index contributed by atoms with van der Waals surface area (Å²) >= 11 is 1.71.